The Labute approximate surface area is 179 Å². The van der Waals surface area contributed by atoms with Crippen molar-refractivity contribution in [3.05, 3.63) is 70.8 Å². The zero-order chi connectivity index (χ0) is 22.0. The minimum absolute atomic E-state index is 0.0154. The van der Waals surface area contributed by atoms with E-state index in [2.05, 4.69) is 15.9 Å². The molecule has 0 unspecified atom stereocenters. The number of carbonyl (C=O) groups is 1. The molecule has 2 saturated heterocycles. The first-order valence-corrected chi connectivity index (χ1v) is 10.2. The Balaban J connectivity index is 1.40. The molecule has 0 bridgehead atoms. The van der Waals surface area contributed by atoms with Crippen LogP contribution in [0.1, 0.15) is 22.3 Å². The van der Waals surface area contributed by atoms with Gasteiger partial charge in [0.15, 0.2) is 0 Å². The van der Waals surface area contributed by atoms with Crippen molar-refractivity contribution in [3.63, 3.8) is 0 Å². The molecule has 2 heterocycles. The first-order chi connectivity index (χ1) is 14.8. The molecule has 5 nitrogen and oxygen atoms in total. The van der Waals surface area contributed by atoms with Crippen molar-refractivity contribution < 1.29 is 18.0 Å². The van der Waals surface area contributed by atoms with Gasteiger partial charge in [-0.3, -0.25) is 14.6 Å². The number of alkyl halides is 3. The fourth-order valence-electron chi connectivity index (χ4n) is 4.27. The standard InChI is InChI=1S/C23H23F3N4O/c24-23(25,26)20-6-4-17(5-7-20)15-30-11-10-29-9-8-28(16-21(29)22(30)31)14-19-3-1-2-18(12-19)13-27/h1-7,12,21H,8-11,14-16H2/t21-/m0/s1. The molecule has 0 aliphatic carbocycles. The number of benzene rings is 2. The summed E-state index contributed by atoms with van der Waals surface area (Å²) in [6.07, 6.45) is -4.36. The topological polar surface area (TPSA) is 50.6 Å². The van der Waals surface area contributed by atoms with Crippen LogP contribution in [-0.2, 0) is 24.1 Å². The molecule has 31 heavy (non-hydrogen) atoms. The maximum atomic E-state index is 13.1. The van der Waals surface area contributed by atoms with Crippen molar-refractivity contribution in [3.8, 4) is 6.07 Å². The number of piperazine rings is 2. The summed E-state index contributed by atoms with van der Waals surface area (Å²) < 4.78 is 38.3. The van der Waals surface area contributed by atoms with E-state index in [0.717, 1.165) is 37.3 Å². The first kappa shape index (κ1) is 21.3. The van der Waals surface area contributed by atoms with Crippen LogP contribution in [0.4, 0.5) is 13.2 Å². The average molecular weight is 428 g/mol. The number of rotatable bonds is 4. The second kappa shape index (κ2) is 8.69. The third kappa shape index (κ3) is 4.89. The predicted octanol–water partition coefficient (Wildman–Crippen LogP) is 3.11. The van der Waals surface area contributed by atoms with Gasteiger partial charge in [-0.25, -0.2) is 0 Å². The van der Waals surface area contributed by atoms with Gasteiger partial charge in [0.25, 0.3) is 0 Å². The number of nitriles is 1. The van der Waals surface area contributed by atoms with Crippen molar-refractivity contribution in [1.82, 2.24) is 14.7 Å². The Morgan fingerprint density at radius 2 is 1.71 bits per heavy atom. The number of amides is 1. The second-order valence-corrected chi connectivity index (χ2v) is 8.05. The highest BCUT2D eigenvalue weighted by molar-refractivity contribution is 5.83. The van der Waals surface area contributed by atoms with Crippen molar-refractivity contribution in [2.45, 2.75) is 25.3 Å². The Kier molecular flexibility index (Phi) is 5.99. The number of hydrogen-bond acceptors (Lipinski definition) is 4. The van der Waals surface area contributed by atoms with Crippen LogP contribution in [0.2, 0.25) is 0 Å². The lowest BCUT2D eigenvalue weighted by Gasteiger charge is -2.46. The van der Waals surface area contributed by atoms with Gasteiger partial charge in [0, 0.05) is 45.8 Å². The number of hydrogen-bond donors (Lipinski definition) is 0. The SMILES string of the molecule is N#Cc1cccc(CN2CCN3CCN(Cc4ccc(C(F)(F)F)cc4)C(=O)[C@@H]3C2)c1. The summed E-state index contributed by atoms with van der Waals surface area (Å²) in [7, 11) is 0. The summed E-state index contributed by atoms with van der Waals surface area (Å²) in [5.41, 5.74) is 1.66. The molecule has 1 amide bonds. The van der Waals surface area contributed by atoms with E-state index >= 15 is 0 Å². The van der Waals surface area contributed by atoms with Gasteiger partial charge < -0.3 is 4.90 Å². The minimum atomic E-state index is -4.36. The lowest BCUT2D eigenvalue weighted by molar-refractivity contribution is -0.146. The van der Waals surface area contributed by atoms with Crippen molar-refractivity contribution >= 4 is 5.91 Å². The summed E-state index contributed by atoms with van der Waals surface area (Å²) in [5.74, 6) is 0.0154. The van der Waals surface area contributed by atoms with Crippen LogP contribution in [0.5, 0.6) is 0 Å². The van der Waals surface area contributed by atoms with Crippen LogP contribution in [-0.4, -0.2) is 59.4 Å². The lowest BCUT2D eigenvalue weighted by Crippen LogP contribution is -2.64. The quantitative estimate of drug-likeness (QED) is 0.751. The maximum absolute atomic E-state index is 13.1. The summed E-state index contributed by atoms with van der Waals surface area (Å²) in [6, 6.07) is 14.4. The second-order valence-electron chi connectivity index (χ2n) is 8.05. The molecular weight excluding hydrogens is 405 g/mol. The first-order valence-electron chi connectivity index (χ1n) is 10.2. The van der Waals surface area contributed by atoms with Gasteiger partial charge in [0.2, 0.25) is 5.91 Å². The van der Waals surface area contributed by atoms with E-state index in [-0.39, 0.29) is 11.9 Å². The van der Waals surface area contributed by atoms with Gasteiger partial charge in [-0.2, -0.15) is 18.4 Å². The highest BCUT2D eigenvalue weighted by atomic mass is 19.4. The third-order valence-corrected chi connectivity index (χ3v) is 5.95. The van der Waals surface area contributed by atoms with Crippen molar-refractivity contribution in [1.29, 1.82) is 5.26 Å². The fraction of sp³-hybridized carbons (Fsp3) is 0.391. The lowest BCUT2D eigenvalue weighted by atomic mass is 10.0. The van der Waals surface area contributed by atoms with Crippen LogP contribution in [0.15, 0.2) is 48.5 Å². The molecule has 2 aromatic carbocycles. The summed E-state index contributed by atoms with van der Waals surface area (Å²) in [6.45, 7) is 4.55. The minimum Gasteiger partial charge on any atom is -0.336 e. The molecule has 8 heteroatoms. The number of halogens is 3. The third-order valence-electron chi connectivity index (χ3n) is 5.95. The van der Waals surface area contributed by atoms with Gasteiger partial charge in [0.05, 0.1) is 17.2 Å². The average Bonchev–Trinajstić information content (AvgIpc) is 2.76. The normalized spacial score (nSPS) is 20.4. The molecule has 4 rings (SSSR count). The maximum Gasteiger partial charge on any atom is 0.416 e. The van der Waals surface area contributed by atoms with E-state index in [1.165, 1.54) is 12.1 Å². The van der Waals surface area contributed by atoms with Crippen LogP contribution in [0.25, 0.3) is 0 Å². The zero-order valence-electron chi connectivity index (χ0n) is 17.0. The Hall–Kier alpha value is -2.89. The molecule has 2 fully saturated rings. The van der Waals surface area contributed by atoms with Gasteiger partial charge in [-0.15, -0.1) is 0 Å². The Morgan fingerprint density at radius 1 is 0.968 bits per heavy atom. The highest BCUT2D eigenvalue weighted by Gasteiger charge is 2.38. The largest absolute Gasteiger partial charge is 0.416 e. The smallest absolute Gasteiger partial charge is 0.336 e. The van der Waals surface area contributed by atoms with Gasteiger partial charge in [-0.05, 0) is 35.4 Å². The van der Waals surface area contributed by atoms with Crippen LogP contribution >= 0.6 is 0 Å². The molecule has 0 aromatic heterocycles. The molecule has 0 saturated carbocycles. The molecule has 2 aromatic rings. The monoisotopic (exact) mass is 428 g/mol. The highest BCUT2D eigenvalue weighted by Crippen LogP contribution is 2.29. The molecule has 162 valence electrons. The number of carbonyl (C=O) groups excluding carboxylic acids is 1. The summed E-state index contributed by atoms with van der Waals surface area (Å²) in [5, 5.41) is 9.09. The van der Waals surface area contributed by atoms with E-state index in [1.54, 1.807) is 11.0 Å². The van der Waals surface area contributed by atoms with E-state index in [1.807, 2.05) is 18.2 Å². The van der Waals surface area contributed by atoms with E-state index < -0.39 is 11.7 Å². The van der Waals surface area contributed by atoms with Gasteiger partial charge in [0.1, 0.15) is 6.04 Å². The Bertz CT molecular complexity index is 984. The summed E-state index contributed by atoms with van der Waals surface area (Å²) in [4.78, 5) is 19.3. The van der Waals surface area contributed by atoms with E-state index in [9.17, 15) is 18.0 Å². The van der Waals surface area contributed by atoms with E-state index in [4.69, 9.17) is 5.26 Å². The zero-order valence-corrected chi connectivity index (χ0v) is 17.0. The Morgan fingerprint density at radius 3 is 2.42 bits per heavy atom. The van der Waals surface area contributed by atoms with Gasteiger partial charge >= 0.3 is 6.18 Å². The number of nitrogens with zero attached hydrogens (tertiary/aromatic N) is 4. The predicted molar refractivity (Wildman–Crippen MR) is 109 cm³/mol. The van der Waals surface area contributed by atoms with Crippen molar-refractivity contribution in [2.24, 2.45) is 0 Å². The molecule has 1 atom stereocenters. The van der Waals surface area contributed by atoms with Crippen LogP contribution < -0.4 is 0 Å². The van der Waals surface area contributed by atoms with Crippen molar-refractivity contribution in [2.75, 3.05) is 32.7 Å². The van der Waals surface area contributed by atoms with E-state index in [0.29, 0.717) is 37.3 Å². The molecule has 0 radical (unpaired) electrons. The molecule has 2 aliphatic rings. The van der Waals surface area contributed by atoms with Crippen LogP contribution in [0.3, 0.4) is 0 Å². The fourth-order valence-corrected chi connectivity index (χ4v) is 4.27. The molecule has 0 spiro atoms. The molecule has 2 aliphatic heterocycles. The summed E-state index contributed by atoms with van der Waals surface area (Å²) >= 11 is 0. The molecule has 0 N–H and O–H groups in total. The van der Waals surface area contributed by atoms with Crippen LogP contribution in [0, 0.1) is 11.3 Å². The number of fused-ring (bicyclic) bond motifs is 1. The molecular formula is C23H23F3N4O. The van der Waals surface area contributed by atoms with Gasteiger partial charge in [-0.1, -0.05) is 24.3 Å².